The van der Waals surface area contributed by atoms with Gasteiger partial charge in [0.05, 0.1) is 0 Å². The molecule has 22 heavy (non-hydrogen) atoms. The Hall–Kier alpha value is -1.33. The Morgan fingerprint density at radius 3 is 2.59 bits per heavy atom. The van der Waals surface area contributed by atoms with Gasteiger partial charge in [0.25, 0.3) is 0 Å². The van der Waals surface area contributed by atoms with Crippen LogP contribution in [0.25, 0.3) is 0 Å². The Morgan fingerprint density at radius 1 is 1.18 bits per heavy atom. The number of phenolic OH excluding ortho intramolecular Hbond substituents is 1. The number of nitrogens with one attached hydrogen (secondary N) is 1. The summed E-state index contributed by atoms with van der Waals surface area (Å²) in [6.45, 7) is 4.89. The minimum atomic E-state index is 0.345. The molecule has 0 unspecified atom stereocenters. The number of piperazine rings is 1. The van der Waals surface area contributed by atoms with Gasteiger partial charge in [0.15, 0.2) is 5.11 Å². The topological polar surface area (TPSA) is 38.7 Å². The van der Waals surface area contributed by atoms with Crippen LogP contribution in [0.4, 0.5) is 0 Å². The number of rotatable bonds is 3. The molecule has 1 aliphatic heterocycles. The summed E-state index contributed by atoms with van der Waals surface area (Å²) in [6.07, 6.45) is 5.19. The van der Waals surface area contributed by atoms with Gasteiger partial charge in [0.2, 0.25) is 0 Å². The smallest absolute Gasteiger partial charge is 0.169 e. The monoisotopic (exact) mass is 319 g/mol. The van der Waals surface area contributed by atoms with Gasteiger partial charge in [-0.25, -0.2) is 0 Å². The normalized spacial score (nSPS) is 20.3. The van der Waals surface area contributed by atoms with Crippen LogP contribution in [0.2, 0.25) is 0 Å². The summed E-state index contributed by atoms with van der Waals surface area (Å²) in [5, 5.41) is 14.0. The van der Waals surface area contributed by atoms with Gasteiger partial charge in [0, 0.05) is 38.8 Å². The summed E-state index contributed by atoms with van der Waals surface area (Å²) in [5.74, 6) is 0.345. The van der Waals surface area contributed by atoms with E-state index in [2.05, 4.69) is 21.2 Å². The van der Waals surface area contributed by atoms with Crippen LogP contribution >= 0.6 is 12.2 Å². The van der Waals surface area contributed by atoms with Crippen molar-refractivity contribution in [3.8, 4) is 5.75 Å². The van der Waals surface area contributed by atoms with Gasteiger partial charge < -0.3 is 15.3 Å². The highest BCUT2D eigenvalue weighted by molar-refractivity contribution is 7.80. The molecule has 3 rings (SSSR count). The van der Waals surface area contributed by atoms with Gasteiger partial charge in [-0.05, 0) is 42.8 Å². The fraction of sp³-hybridized carbons (Fsp3) is 0.588. The summed E-state index contributed by atoms with van der Waals surface area (Å²) < 4.78 is 0. The summed E-state index contributed by atoms with van der Waals surface area (Å²) >= 11 is 5.56. The Morgan fingerprint density at radius 2 is 1.91 bits per heavy atom. The SMILES string of the molecule is Oc1cccc(CN2CCN(C(=S)NC3CCCC3)CC2)c1. The van der Waals surface area contributed by atoms with E-state index in [9.17, 15) is 5.11 Å². The maximum absolute atomic E-state index is 9.54. The second kappa shape index (κ2) is 7.29. The quantitative estimate of drug-likeness (QED) is 0.837. The van der Waals surface area contributed by atoms with Crippen molar-refractivity contribution in [2.75, 3.05) is 26.2 Å². The molecule has 0 aromatic heterocycles. The van der Waals surface area contributed by atoms with Crippen LogP contribution in [0.5, 0.6) is 5.75 Å². The maximum atomic E-state index is 9.54. The van der Waals surface area contributed by atoms with Crippen molar-refractivity contribution >= 4 is 17.3 Å². The average Bonchev–Trinajstić information content (AvgIpc) is 3.01. The molecule has 0 atom stereocenters. The molecule has 1 aliphatic carbocycles. The van der Waals surface area contributed by atoms with Crippen molar-refractivity contribution in [3.63, 3.8) is 0 Å². The van der Waals surface area contributed by atoms with Crippen LogP contribution < -0.4 is 5.32 Å². The molecular weight excluding hydrogens is 294 g/mol. The van der Waals surface area contributed by atoms with Gasteiger partial charge in [-0.15, -0.1) is 0 Å². The van der Waals surface area contributed by atoms with E-state index in [1.807, 2.05) is 12.1 Å². The van der Waals surface area contributed by atoms with Crippen LogP contribution in [-0.2, 0) is 6.54 Å². The molecule has 0 radical (unpaired) electrons. The standard InChI is InChI=1S/C17H25N3OS/c21-16-7-3-4-14(12-16)13-19-8-10-20(11-9-19)17(22)18-15-5-1-2-6-15/h3-4,7,12,15,21H,1-2,5-6,8-11,13H2,(H,18,22). The minimum Gasteiger partial charge on any atom is -0.508 e. The minimum absolute atomic E-state index is 0.345. The molecule has 0 spiro atoms. The summed E-state index contributed by atoms with van der Waals surface area (Å²) in [7, 11) is 0. The molecule has 1 heterocycles. The lowest BCUT2D eigenvalue weighted by Crippen LogP contribution is -2.52. The number of thiocarbonyl (C=S) groups is 1. The first-order valence-corrected chi connectivity index (χ1v) is 8.67. The molecule has 1 aromatic rings. The van der Waals surface area contributed by atoms with Crippen molar-refractivity contribution in [1.82, 2.24) is 15.1 Å². The Labute approximate surface area is 138 Å². The molecule has 4 nitrogen and oxygen atoms in total. The molecule has 2 N–H and O–H groups in total. The van der Waals surface area contributed by atoms with E-state index in [-0.39, 0.29) is 0 Å². The molecule has 0 bridgehead atoms. The first-order valence-electron chi connectivity index (χ1n) is 8.26. The number of hydrogen-bond acceptors (Lipinski definition) is 3. The van der Waals surface area contributed by atoms with Gasteiger partial charge in [0.1, 0.15) is 5.75 Å². The van der Waals surface area contributed by atoms with Crippen molar-refractivity contribution in [3.05, 3.63) is 29.8 Å². The largest absolute Gasteiger partial charge is 0.508 e. The van der Waals surface area contributed by atoms with Gasteiger partial charge in [-0.2, -0.15) is 0 Å². The Balaban J connectivity index is 1.44. The number of phenols is 1. The van der Waals surface area contributed by atoms with Gasteiger partial charge in [-0.3, -0.25) is 4.90 Å². The van der Waals surface area contributed by atoms with Crippen molar-refractivity contribution in [2.24, 2.45) is 0 Å². The molecule has 2 fully saturated rings. The van der Waals surface area contributed by atoms with Crippen molar-refractivity contribution in [1.29, 1.82) is 0 Å². The predicted octanol–water partition coefficient (Wildman–Crippen LogP) is 2.33. The number of nitrogens with zero attached hydrogens (tertiary/aromatic N) is 2. The molecule has 120 valence electrons. The molecule has 1 saturated heterocycles. The lowest BCUT2D eigenvalue weighted by molar-refractivity contribution is 0.174. The third-order valence-electron chi connectivity index (χ3n) is 4.66. The molecular formula is C17H25N3OS. The number of benzene rings is 1. The van der Waals surface area contributed by atoms with E-state index >= 15 is 0 Å². The van der Waals surface area contributed by atoms with E-state index < -0.39 is 0 Å². The number of aromatic hydroxyl groups is 1. The second-order valence-electron chi connectivity index (χ2n) is 6.36. The lowest BCUT2D eigenvalue weighted by Gasteiger charge is -2.37. The summed E-state index contributed by atoms with van der Waals surface area (Å²) in [6, 6.07) is 8.13. The molecule has 5 heteroatoms. The van der Waals surface area contributed by atoms with Crippen LogP contribution in [0.15, 0.2) is 24.3 Å². The first-order chi connectivity index (χ1) is 10.7. The summed E-state index contributed by atoms with van der Waals surface area (Å²) in [5.41, 5.74) is 1.17. The fourth-order valence-corrected chi connectivity index (χ4v) is 3.71. The highest BCUT2D eigenvalue weighted by Crippen LogP contribution is 2.18. The third kappa shape index (κ3) is 4.11. The van der Waals surface area contributed by atoms with E-state index in [0.717, 1.165) is 37.8 Å². The third-order valence-corrected chi connectivity index (χ3v) is 5.04. The van der Waals surface area contributed by atoms with Crippen LogP contribution in [0, 0.1) is 0 Å². The van der Waals surface area contributed by atoms with E-state index in [1.165, 1.54) is 31.2 Å². The first kappa shape index (κ1) is 15.6. The van der Waals surface area contributed by atoms with Gasteiger partial charge in [-0.1, -0.05) is 25.0 Å². The van der Waals surface area contributed by atoms with Crippen molar-refractivity contribution < 1.29 is 5.11 Å². The predicted molar refractivity (Wildman–Crippen MR) is 92.9 cm³/mol. The van der Waals surface area contributed by atoms with Crippen LogP contribution in [0.3, 0.4) is 0 Å². The van der Waals surface area contributed by atoms with Crippen LogP contribution in [-0.4, -0.2) is 52.2 Å². The maximum Gasteiger partial charge on any atom is 0.169 e. The van der Waals surface area contributed by atoms with Crippen molar-refractivity contribution in [2.45, 2.75) is 38.3 Å². The van der Waals surface area contributed by atoms with E-state index in [1.54, 1.807) is 6.07 Å². The zero-order chi connectivity index (χ0) is 15.4. The average molecular weight is 319 g/mol. The zero-order valence-electron chi connectivity index (χ0n) is 13.0. The lowest BCUT2D eigenvalue weighted by atomic mass is 10.2. The van der Waals surface area contributed by atoms with Crippen LogP contribution in [0.1, 0.15) is 31.2 Å². The highest BCUT2D eigenvalue weighted by atomic mass is 32.1. The summed E-state index contributed by atoms with van der Waals surface area (Å²) in [4.78, 5) is 4.72. The molecule has 1 aromatic carbocycles. The zero-order valence-corrected chi connectivity index (χ0v) is 13.8. The second-order valence-corrected chi connectivity index (χ2v) is 6.75. The van der Waals surface area contributed by atoms with Gasteiger partial charge >= 0.3 is 0 Å². The molecule has 1 saturated carbocycles. The van der Waals surface area contributed by atoms with E-state index in [0.29, 0.717) is 11.8 Å². The Kier molecular flexibility index (Phi) is 5.16. The highest BCUT2D eigenvalue weighted by Gasteiger charge is 2.22. The number of hydrogen-bond donors (Lipinski definition) is 2. The molecule has 2 aliphatic rings. The Bertz CT molecular complexity index is 508. The fourth-order valence-electron chi connectivity index (χ4n) is 3.36. The molecule has 0 amide bonds. The van der Waals surface area contributed by atoms with E-state index in [4.69, 9.17) is 12.2 Å².